The van der Waals surface area contributed by atoms with Crippen molar-refractivity contribution in [1.82, 2.24) is 10.6 Å². The van der Waals surface area contributed by atoms with Gasteiger partial charge in [-0.05, 0) is 38.7 Å². The number of esters is 1. The fourth-order valence-electron chi connectivity index (χ4n) is 2.23. The Hall–Kier alpha value is -2.61. The van der Waals surface area contributed by atoms with Gasteiger partial charge in [-0.1, -0.05) is 44.2 Å². The molecule has 0 heterocycles. The molecule has 29 heavy (non-hydrogen) atoms. The Morgan fingerprint density at radius 2 is 1.66 bits per heavy atom. The summed E-state index contributed by atoms with van der Waals surface area (Å²) >= 11 is 0. The first-order valence-electron chi connectivity index (χ1n) is 9.48. The summed E-state index contributed by atoms with van der Waals surface area (Å²) in [5, 5.41) is 12.0. The lowest BCUT2D eigenvalue weighted by molar-refractivity contribution is -0.149. The number of benzene rings is 1. The lowest BCUT2D eigenvalue weighted by Crippen LogP contribution is -2.47. The van der Waals surface area contributed by atoms with Crippen LogP contribution in [0.2, 0.25) is 0 Å². The molecule has 8 heteroatoms. The molecule has 3 N–H and O–H groups in total. The normalized spacial score (nSPS) is 11.6. The Kier molecular flexibility index (Phi) is 12.3. The molecular weight excluding hydrogens is 376 g/mol. The summed E-state index contributed by atoms with van der Waals surface area (Å²) in [7, 11) is 1.00. The Labute approximate surface area is 173 Å². The Morgan fingerprint density at radius 3 is 2.17 bits per heavy atom. The predicted molar refractivity (Wildman–Crippen MR) is 110 cm³/mol. The van der Waals surface area contributed by atoms with Gasteiger partial charge < -0.3 is 25.2 Å². The second-order valence-corrected chi connectivity index (χ2v) is 7.70. The first-order chi connectivity index (χ1) is 13.6. The smallest absolute Gasteiger partial charge is 0.408 e. The first kappa shape index (κ1) is 26.4. The van der Waals surface area contributed by atoms with Gasteiger partial charge in [-0.3, -0.25) is 4.79 Å². The van der Waals surface area contributed by atoms with Crippen LogP contribution in [0, 0.1) is 5.92 Å². The zero-order valence-corrected chi connectivity index (χ0v) is 18.2. The average Bonchev–Trinajstić information content (AvgIpc) is 2.64. The molecule has 0 fully saturated rings. The number of aliphatic hydroxyl groups is 1. The molecule has 1 aromatic carbocycles. The van der Waals surface area contributed by atoms with Crippen molar-refractivity contribution in [3.8, 4) is 0 Å². The van der Waals surface area contributed by atoms with Gasteiger partial charge in [0.2, 0.25) is 5.91 Å². The van der Waals surface area contributed by atoms with E-state index in [1.54, 1.807) is 20.8 Å². The van der Waals surface area contributed by atoms with Crippen LogP contribution in [0.25, 0.3) is 0 Å². The van der Waals surface area contributed by atoms with Gasteiger partial charge in [-0.25, -0.2) is 9.59 Å². The number of carbonyl (C=O) groups is 3. The van der Waals surface area contributed by atoms with Crippen molar-refractivity contribution in [3.63, 3.8) is 0 Å². The average molecular weight is 411 g/mol. The van der Waals surface area contributed by atoms with Crippen molar-refractivity contribution >= 4 is 18.0 Å². The highest BCUT2D eigenvalue weighted by Crippen LogP contribution is 2.09. The van der Waals surface area contributed by atoms with Gasteiger partial charge in [-0.2, -0.15) is 0 Å². The number of hydrogen-bond acceptors (Lipinski definition) is 6. The van der Waals surface area contributed by atoms with Gasteiger partial charge in [0.05, 0.1) is 0 Å². The monoisotopic (exact) mass is 410 g/mol. The summed E-state index contributed by atoms with van der Waals surface area (Å²) in [6.45, 7) is 8.94. The second kappa shape index (κ2) is 13.5. The summed E-state index contributed by atoms with van der Waals surface area (Å²) < 4.78 is 10.4. The number of nitrogens with one attached hydrogen (secondary N) is 2. The topological polar surface area (TPSA) is 114 Å². The van der Waals surface area contributed by atoms with Crippen LogP contribution in [0.5, 0.6) is 0 Å². The standard InChI is InChI=1S/C20H30N2O5.CH4O/c1-14(2)11-16(18(24)26-13-15-9-7-6-8-10-15)22-17(23)12-21-19(25)27-20(3,4)5;1-2/h6-10,14,16H,11-13H2,1-5H3,(H,21,25)(H,22,23);2H,1H3. The summed E-state index contributed by atoms with van der Waals surface area (Å²) in [6, 6.07) is 8.53. The lowest BCUT2D eigenvalue weighted by Gasteiger charge is -2.21. The molecule has 0 spiro atoms. The molecule has 0 bridgehead atoms. The molecule has 1 unspecified atom stereocenters. The number of hydrogen-bond donors (Lipinski definition) is 3. The van der Waals surface area contributed by atoms with Crippen molar-refractivity contribution in [3.05, 3.63) is 35.9 Å². The van der Waals surface area contributed by atoms with Crippen molar-refractivity contribution < 1.29 is 29.0 Å². The molecule has 0 saturated heterocycles. The maximum atomic E-state index is 12.4. The maximum absolute atomic E-state index is 12.4. The van der Waals surface area contributed by atoms with Gasteiger partial charge in [0.1, 0.15) is 24.8 Å². The van der Waals surface area contributed by atoms with Crippen molar-refractivity contribution in [2.75, 3.05) is 13.7 Å². The van der Waals surface area contributed by atoms with E-state index in [2.05, 4.69) is 10.6 Å². The Morgan fingerprint density at radius 1 is 1.07 bits per heavy atom. The highest BCUT2D eigenvalue weighted by Gasteiger charge is 2.24. The van der Waals surface area contributed by atoms with Crippen LogP contribution in [0.4, 0.5) is 4.79 Å². The summed E-state index contributed by atoms with van der Waals surface area (Å²) in [4.78, 5) is 36.1. The minimum Gasteiger partial charge on any atom is -0.459 e. The van der Waals surface area contributed by atoms with Gasteiger partial charge in [0, 0.05) is 7.11 Å². The minimum atomic E-state index is -0.776. The predicted octanol–water partition coefficient (Wildman–Crippen LogP) is 2.39. The fraction of sp³-hybridized carbons (Fsp3) is 0.571. The molecule has 0 aliphatic heterocycles. The molecule has 164 valence electrons. The van der Waals surface area contributed by atoms with E-state index in [-0.39, 0.29) is 19.1 Å². The van der Waals surface area contributed by atoms with Gasteiger partial charge >= 0.3 is 12.1 Å². The number of ether oxygens (including phenoxy) is 2. The Balaban J connectivity index is 0.00000379. The van der Waals surface area contributed by atoms with Crippen molar-refractivity contribution in [1.29, 1.82) is 0 Å². The van der Waals surface area contributed by atoms with Crippen LogP contribution in [-0.4, -0.2) is 48.4 Å². The van der Waals surface area contributed by atoms with E-state index < -0.39 is 29.6 Å². The van der Waals surface area contributed by atoms with Crippen LogP contribution in [-0.2, 0) is 25.7 Å². The number of rotatable bonds is 8. The zero-order valence-electron chi connectivity index (χ0n) is 18.2. The van der Waals surface area contributed by atoms with Gasteiger partial charge in [-0.15, -0.1) is 0 Å². The molecule has 1 atom stereocenters. The van der Waals surface area contributed by atoms with E-state index in [4.69, 9.17) is 14.6 Å². The summed E-state index contributed by atoms with van der Waals surface area (Å²) in [5.41, 5.74) is 0.217. The highest BCUT2D eigenvalue weighted by molar-refractivity contribution is 5.87. The van der Waals surface area contributed by atoms with Crippen LogP contribution in [0.1, 0.15) is 46.6 Å². The minimum absolute atomic E-state index is 0.139. The van der Waals surface area contributed by atoms with Gasteiger partial charge in [0.15, 0.2) is 0 Å². The fourth-order valence-corrected chi connectivity index (χ4v) is 2.23. The third kappa shape index (κ3) is 13.2. The number of carbonyl (C=O) groups excluding carboxylic acids is 3. The third-order valence-electron chi connectivity index (χ3n) is 3.34. The molecule has 0 aliphatic rings. The van der Waals surface area contributed by atoms with E-state index in [1.165, 1.54) is 0 Å². The summed E-state index contributed by atoms with van der Waals surface area (Å²) in [5.74, 6) is -0.806. The molecular formula is C21H34N2O6. The molecule has 0 radical (unpaired) electrons. The van der Waals surface area contributed by atoms with Crippen LogP contribution < -0.4 is 10.6 Å². The molecule has 1 aromatic rings. The molecule has 0 aliphatic carbocycles. The quantitative estimate of drug-likeness (QED) is 0.567. The Bertz CT molecular complexity index is 626. The number of alkyl carbamates (subject to hydrolysis) is 1. The van der Waals surface area contributed by atoms with E-state index in [1.807, 2.05) is 44.2 Å². The molecule has 0 saturated carbocycles. The number of aliphatic hydroxyl groups excluding tert-OH is 1. The first-order valence-corrected chi connectivity index (χ1v) is 9.48. The van der Waals surface area contributed by atoms with Gasteiger partial charge in [0.25, 0.3) is 0 Å². The van der Waals surface area contributed by atoms with Crippen LogP contribution in [0.3, 0.4) is 0 Å². The van der Waals surface area contributed by atoms with Crippen LogP contribution in [0.15, 0.2) is 30.3 Å². The van der Waals surface area contributed by atoms with E-state index in [0.29, 0.717) is 6.42 Å². The molecule has 0 aromatic heterocycles. The molecule has 1 rings (SSSR count). The largest absolute Gasteiger partial charge is 0.459 e. The SMILES string of the molecule is CC(C)CC(NC(=O)CNC(=O)OC(C)(C)C)C(=O)OCc1ccccc1.CO. The molecule has 8 nitrogen and oxygen atoms in total. The van der Waals surface area contributed by atoms with Crippen molar-refractivity contribution in [2.24, 2.45) is 5.92 Å². The molecule has 2 amide bonds. The third-order valence-corrected chi connectivity index (χ3v) is 3.34. The zero-order chi connectivity index (χ0) is 22.4. The second-order valence-electron chi connectivity index (χ2n) is 7.70. The van der Waals surface area contributed by atoms with E-state index >= 15 is 0 Å². The van der Waals surface area contributed by atoms with E-state index in [0.717, 1.165) is 12.7 Å². The lowest BCUT2D eigenvalue weighted by atomic mass is 10.0. The van der Waals surface area contributed by atoms with E-state index in [9.17, 15) is 14.4 Å². The van der Waals surface area contributed by atoms with Crippen molar-refractivity contribution in [2.45, 2.75) is 59.3 Å². The summed E-state index contributed by atoms with van der Waals surface area (Å²) in [6.07, 6.45) is -0.254. The number of amides is 2. The van der Waals surface area contributed by atoms with Crippen LogP contribution >= 0.6 is 0 Å². The highest BCUT2D eigenvalue weighted by atomic mass is 16.6. The maximum Gasteiger partial charge on any atom is 0.408 e.